The van der Waals surface area contributed by atoms with Crippen LogP contribution in [0.1, 0.15) is 26.3 Å². The molecule has 0 aliphatic carbocycles. The molecule has 2 aromatic carbocycles. The van der Waals surface area contributed by atoms with Crippen LogP contribution in [-0.2, 0) is 5.41 Å². The van der Waals surface area contributed by atoms with E-state index in [9.17, 15) is 0 Å². The van der Waals surface area contributed by atoms with Crippen molar-refractivity contribution in [3.63, 3.8) is 0 Å². The van der Waals surface area contributed by atoms with E-state index in [1.54, 1.807) is 13.2 Å². The van der Waals surface area contributed by atoms with Gasteiger partial charge in [-0.25, -0.2) is 0 Å². The lowest BCUT2D eigenvalue weighted by Gasteiger charge is -2.19. The minimum Gasteiger partial charge on any atom is -0.497 e. The highest BCUT2D eigenvalue weighted by atomic mass is 16.5. The maximum atomic E-state index is 5.94. The molecule has 0 aliphatic heterocycles. The first-order valence-electron chi connectivity index (χ1n) is 6.62. The van der Waals surface area contributed by atoms with Crippen LogP contribution in [0.25, 0.3) is 0 Å². The van der Waals surface area contributed by atoms with E-state index in [4.69, 9.17) is 15.2 Å². The zero-order valence-electron chi connectivity index (χ0n) is 12.4. The summed E-state index contributed by atoms with van der Waals surface area (Å²) >= 11 is 0. The Bertz CT molecular complexity index is 583. The Hall–Kier alpha value is -2.16. The Morgan fingerprint density at radius 3 is 2.00 bits per heavy atom. The van der Waals surface area contributed by atoms with E-state index in [1.165, 1.54) is 5.56 Å². The van der Waals surface area contributed by atoms with E-state index in [1.807, 2.05) is 24.3 Å². The summed E-state index contributed by atoms with van der Waals surface area (Å²) in [6.45, 7) is 6.55. The summed E-state index contributed by atoms with van der Waals surface area (Å²) in [5.41, 5.74) is 7.91. The van der Waals surface area contributed by atoms with Crippen molar-refractivity contribution in [1.82, 2.24) is 0 Å². The Labute approximate surface area is 120 Å². The van der Waals surface area contributed by atoms with Crippen molar-refractivity contribution in [3.05, 3.63) is 48.0 Å². The Morgan fingerprint density at radius 2 is 1.50 bits per heavy atom. The van der Waals surface area contributed by atoms with E-state index in [0.29, 0.717) is 11.4 Å². The lowest BCUT2D eigenvalue weighted by Crippen LogP contribution is -2.10. The highest BCUT2D eigenvalue weighted by Crippen LogP contribution is 2.31. The van der Waals surface area contributed by atoms with Gasteiger partial charge in [0.1, 0.15) is 11.5 Å². The van der Waals surface area contributed by atoms with Crippen LogP contribution < -0.4 is 15.2 Å². The van der Waals surface area contributed by atoms with Crippen molar-refractivity contribution < 1.29 is 9.47 Å². The van der Waals surface area contributed by atoms with Gasteiger partial charge in [0.2, 0.25) is 0 Å². The molecule has 0 heterocycles. The van der Waals surface area contributed by atoms with Gasteiger partial charge in [0.15, 0.2) is 5.75 Å². The third-order valence-corrected chi connectivity index (χ3v) is 3.17. The van der Waals surface area contributed by atoms with E-state index >= 15 is 0 Å². The van der Waals surface area contributed by atoms with Gasteiger partial charge in [0, 0.05) is 6.07 Å². The van der Waals surface area contributed by atoms with E-state index < -0.39 is 0 Å². The zero-order valence-corrected chi connectivity index (χ0v) is 12.4. The van der Waals surface area contributed by atoms with Gasteiger partial charge in [-0.3, -0.25) is 0 Å². The van der Waals surface area contributed by atoms with Crippen molar-refractivity contribution in [2.75, 3.05) is 12.8 Å². The second kappa shape index (κ2) is 5.45. The molecule has 106 valence electrons. The SMILES string of the molecule is COc1ccc(Oc2ccc(C(C)(C)C)cc2)c(N)c1. The molecule has 0 saturated carbocycles. The molecule has 0 aromatic heterocycles. The first-order valence-corrected chi connectivity index (χ1v) is 6.62. The average Bonchev–Trinajstić information content (AvgIpc) is 2.40. The molecule has 0 amide bonds. The lowest BCUT2D eigenvalue weighted by atomic mass is 9.87. The maximum absolute atomic E-state index is 5.94. The molecule has 0 atom stereocenters. The number of benzene rings is 2. The topological polar surface area (TPSA) is 44.5 Å². The summed E-state index contributed by atoms with van der Waals surface area (Å²) < 4.78 is 10.9. The number of nitrogens with two attached hydrogens (primary N) is 1. The molecular weight excluding hydrogens is 250 g/mol. The number of rotatable bonds is 3. The summed E-state index contributed by atoms with van der Waals surface area (Å²) in [4.78, 5) is 0. The molecule has 0 aliphatic rings. The van der Waals surface area contributed by atoms with Crippen LogP contribution in [0.15, 0.2) is 42.5 Å². The standard InChI is InChI=1S/C17H21NO2/c1-17(2,3)12-5-7-13(8-6-12)20-16-10-9-14(19-4)11-15(16)18/h5-11H,18H2,1-4H3. The molecular formula is C17H21NO2. The van der Waals surface area contributed by atoms with Crippen molar-refractivity contribution in [2.24, 2.45) is 0 Å². The molecule has 3 heteroatoms. The van der Waals surface area contributed by atoms with Crippen LogP contribution in [0.3, 0.4) is 0 Å². The summed E-state index contributed by atoms with van der Waals surface area (Å²) in [5.74, 6) is 2.13. The largest absolute Gasteiger partial charge is 0.497 e. The fourth-order valence-corrected chi connectivity index (χ4v) is 1.90. The smallest absolute Gasteiger partial charge is 0.150 e. The van der Waals surface area contributed by atoms with Gasteiger partial charge in [0.05, 0.1) is 12.8 Å². The zero-order chi connectivity index (χ0) is 14.8. The molecule has 2 rings (SSSR count). The monoisotopic (exact) mass is 271 g/mol. The third kappa shape index (κ3) is 3.23. The number of anilines is 1. The van der Waals surface area contributed by atoms with E-state index in [0.717, 1.165) is 11.5 Å². The van der Waals surface area contributed by atoms with Gasteiger partial charge in [-0.05, 0) is 35.2 Å². The first-order chi connectivity index (χ1) is 9.40. The van der Waals surface area contributed by atoms with Crippen molar-refractivity contribution in [2.45, 2.75) is 26.2 Å². The highest BCUT2D eigenvalue weighted by molar-refractivity contribution is 5.57. The predicted molar refractivity (Wildman–Crippen MR) is 82.6 cm³/mol. The number of hydrogen-bond acceptors (Lipinski definition) is 3. The van der Waals surface area contributed by atoms with Gasteiger partial charge in [-0.15, -0.1) is 0 Å². The molecule has 2 aromatic rings. The number of hydrogen-bond donors (Lipinski definition) is 1. The number of ether oxygens (including phenoxy) is 2. The molecule has 0 fully saturated rings. The van der Waals surface area contributed by atoms with Crippen LogP contribution in [0.2, 0.25) is 0 Å². The number of methoxy groups -OCH3 is 1. The summed E-state index contributed by atoms with van der Waals surface area (Å²) in [7, 11) is 1.61. The second-order valence-electron chi connectivity index (χ2n) is 5.78. The second-order valence-corrected chi connectivity index (χ2v) is 5.78. The highest BCUT2D eigenvalue weighted by Gasteiger charge is 2.13. The van der Waals surface area contributed by atoms with Gasteiger partial charge in [-0.1, -0.05) is 32.9 Å². The van der Waals surface area contributed by atoms with E-state index in [2.05, 4.69) is 32.9 Å². The molecule has 0 radical (unpaired) electrons. The molecule has 0 saturated heterocycles. The van der Waals surface area contributed by atoms with Gasteiger partial charge >= 0.3 is 0 Å². The minimum atomic E-state index is 0.137. The summed E-state index contributed by atoms with van der Waals surface area (Å²) in [5, 5.41) is 0. The summed E-state index contributed by atoms with van der Waals surface area (Å²) in [6.07, 6.45) is 0. The first kappa shape index (κ1) is 14.3. The van der Waals surface area contributed by atoms with Crippen LogP contribution in [0.4, 0.5) is 5.69 Å². The van der Waals surface area contributed by atoms with Gasteiger partial charge in [0.25, 0.3) is 0 Å². The fourth-order valence-electron chi connectivity index (χ4n) is 1.90. The minimum absolute atomic E-state index is 0.137. The average molecular weight is 271 g/mol. The van der Waals surface area contributed by atoms with Crippen molar-refractivity contribution in [3.8, 4) is 17.2 Å². The fraction of sp³-hybridized carbons (Fsp3) is 0.294. The molecule has 20 heavy (non-hydrogen) atoms. The van der Waals surface area contributed by atoms with Crippen LogP contribution >= 0.6 is 0 Å². The van der Waals surface area contributed by atoms with Crippen LogP contribution in [0.5, 0.6) is 17.2 Å². The lowest BCUT2D eigenvalue weighted by molar-refractivity contribution is 0.413. The third-order valence-electron chi connectivity index (χ3n) is 3.17. The number of nitrogen functional groups attached to an aromatic ring is 1. The van der Waals surface area contributed by atoms with Crippen LogP contribution in [0, 0.1) is 0 Å². The van der Waals surface area contributed by atoms with E-state index in [-0.39, 0.29) is 5.41 Å². The summed E-state index contributed by atoms with van der Waals surface area (Å²) in [6, 6.07) is 13.5. The van der Waals surface area contributed by atoms with Crippen LogP contribution in [-0.4, -0.2) is 7.11 Å². The molecule has 0 spiro atoms. The molecule has 3 nitrogen and oxygen atoms in total. The molecule has 2 N–H and O–H groups in total. The van der Waals surface area contributed by atoms with Crippen molar-refractivity contribution >= 4 is 5.69 Å². The maximum Gasteiger partial charge on any atom is 0.150 e. The van der Waals surface area contributed by atoms with Gasteiger partial charge in [-0.2, -0.15) is 0 Å². The van der Waals surface area contributed by atoms with Gasteiger partial charge < -0.3 is 15.2 Å². The quantitative estimate of drug-likeness (QED) is 0.843. The Morgan fingerprint density at radius 1 is 0.900 bits per heavy atom. The normalized spacial score (nSPS) is 11.2. The Kier molecular flexibility index (Phi) is 3.89. The Balaban J connectivity index is 2.18. The predicted octanol–water partition coefficient (Wildman–Crippen LogP) is 4.37. The van der Waals surface area contributed by atoms with Crippen molar-refractivity contribution in [1.29, 1.82) is 0 Å². The molecule has 0 bridgehead atoms. The molecule has 0 unspecified atom stereocenters.